The lowest BCUT2D eigenvalue weighted by Crippen LogP contribution is -2.13. The molecule has 0 saturated carbocycles. The van der Waals surface area contributed by atoms with Crippen molar-refractivity contribution < 1.29 is 8.42 Å². The minimum absolute atomic E-state index is 0.00382. The molecule has 2 aromatic rings. The SMILES string of the molecule is CNc1ncc(S(=O)(=O)Nc2cc(C)cc(Br)c2)cc1Cl. The lowest BCUT2D eigenvalue weighted by molar-refractivity contribution is 0.601. The first-order valence-corrected chi connectivity index (χ1v) is 8.60. The Balaban J connectivity index is 2.36. The second-order valence-electron chi connectivity index (χ2n) is 4.37. The van der Waals surface area contributed by atoms with E-state index in [0.29, 0.717) is 11.5 Å². The zero-order chi connectivity index (χ0) is 15.6. The van der Waals surface area contributed by atoms with Crippen molar-refractivity contribution in [3.63, 3.8) is 0 Å². The maximum atomic E-state index is 12.3. The predicted octanol–water partition coefficient (Wildman–Crippen LogP) is 3.65. The van der Waals surface area contributed by atoms with Crippen LogP contribution in [0.15, 0.2) is 39.8 Å². The third-order valence-corrected chi connectivity index (χ3v) is 4.75. The van der Waals surface area contributed by atoms with Gasteiger partial charge in [-0.1, -0.05) is 27.5 Å². The van der Waals surface area contributed by atoms with Gasteiger partial charge in [0.2, 0.25) is 0 Å². The molecule has 1 aromatic carbocycles. The molecule has 0 unspecified atom stereocenters. The van der Waals surface area contributed by atoms with Gasteiger partial charge in [-0.3, -0.25) is 4.72 Å². The Morgan fingerprint density at radius 2 is 1.95 bits per heavy atom. The minimum atomic E-state index is -3.74. The number of hydrogen-bond acceptors (Lipinski definition) is 4. The number of nitrogens with one attached hydrogen (secondary N) is 2. The van der Waals surface area contributed by atoms with Crippen molar-refractivity contribution in [1.29, 1.82) is 0 Å². The highest BCUT2D eigenvalue weighted by Gasteiger charge is 2.17. The summed E-state index contributed by atoms with van der Waals surface area (Å²) >= 11 is 9.29. The Morgan fingerprint density at radius 3 is 2.52 bits per heavy atom. The molecule has 0 radical (unpaired) electrons. The molecule has 0 aliphatic heterocycles. The monoisotopic (exact) mass is 389 g/mol. The summed E-state index contributed by atoms with van der Waals surface area (Å²) in [5, 5.41) is 3.02. The van der Waals surface area contributed by atoms with Gasteiger partial charge < -0.3 is 5.32 Å². The largest absolute Gasteiger partial charge is 0.372 e. The van der Waals surface area contributed by atoms with Crippen LogP contribution in [0.4, 0.5) is 11.5 Å². The second-order valence-corrected chi connectivity index (χ2v) is 7.38. The van der Waals surface area contributed by atoms with E-state index in [1.54, 1.807) is 19.2 Å². The first kappa shape index (κ1) is 16.1. The predicted molar refractivity (Wildman–Crippen MR) is 88.5 cm³/mol. The Morgan fingerprint density at radius 1 is 1.24 bits per heavy atom. The zero-order valence-electron chi connectivity index (χ0n) is 11.3. The van der Waals surface area contributed by atoms with Gasteiger partial charge >= 0.3 is 0 Å². The van der Waals surface area contributed by atoms with Crippen molar-refractivity contribution in [2.75, 3.05) is 17.1 Å². The molecule has 0 fully saturated rings. The van der Waals surface area contributed by atoms with Crippen LogP contribution in [-0.2, 0) is 10.0 Å². The highest BCUT2D eigenvalue weighted by atomic mass is 79.9. The fraction of sp³-hybridized carbons (Fsp3) is 0.154. The van der Waals surface area contributed by atoms with Gasteiger partial charge in [0.05, 0.1) is 10.7 Å². The lowest BCUT2D eigenvalue weighted by atomic mass is 10.2. The molecule has 0 atom stereocenters. The number of benzene rings is 1. The molecule has 0 saturated heterocycles. The lowest BCUT2D eigenvalue weighted by Gasteiger charge is -2.10. The number of aromatic nitrogens is 1. The van der Waals surface area contributed by atoms with E-state index in [9.17, 15) is 8.42 Å². The first-order valence-electron chi connectivity index (χ1n) is 5.95. The van der Waals surface area contributed by atoms with Crippen LogP contribution in [0.3, 0.4) is 0 Å². The highest BCUT2D eigenvalue weighted by molar-refractivity contribution is 9.10. The van der Waals surface area contributed by atoms with Gasteiger partial charge in [0.15, 0.2) is 0 Å². The van der Waals surface area contributed by atoms with Gasteiger partial charge in [-0.2, -0.15) is 0 Å². The van der Waals surface area contributed by atoms with Crippen LogP contribution in [-0.4, -0.2) is 20.4 Å². The molecule has 5 nitrogen and oxygen atoms in total. The third kappa shape index (κ3) is 3.87. The number of halogens is 2. The molecule has 1 aromatic heterocycles. The van der Waals surface area contributed by atoms with E-state index in [2.05, 4.69) is 31.0 Å². The molecule has 8 heteroatoms. The summed E-state index contributed by atoms with van der Waals surface area (Å²) in [7, 11) is -2.08. The third-order valence-electron chi connectivity index (χ3n) is 2.66. The number of aryl methyl sites for hydroxylation is 1. The van der Waals surface area contributed by atoms with Gasteiger partial charge in [0.1, 0.15) is 10.7 Å². The van der Waals surface area contributed by atoms with Crippen molar-refractivity contribution in [2.24, 2.45) is 0 Å². The smallest absolute Gasteiger partial charge is 0.263 e. The summed E-state index contributed by atoms with van der Waals surface area (Å²) in [4.78, 5) is 3.97. The van der Waals surface area contributed by atoms with Gasteiger partial charge in [-0.15, -0.1) is 0 Å². The Bertz CT molecular complexity index is 761. The number of nitrogens with zero attached hydrogens (tertiary/aromatic N) is 1. The number of hydrogen-bond donors (Lipinski definition) is 2. The number of sulfonamides is 1. The number of anilines is 2. The maximum Gasteiger partial charge on any atom is 0.263 e. The maximum absolute atomic E-state index is 12.3. The molecule has 0 amide bonds. The van der Waals surface area contributed by atoms with Gasteiger partial charge in [-0.05, 0) is 36.8 Å². The molecule has 2 rings (SSSR count). The molecule has 0 aliphatic rings. The van der Waals surface area contributed by atoms with E-state index in [4.69, 9.17) is 11.6 Å². The second kappa shape index (κ2) is 6.21. The number of rotatable bonds is 4. The van der Waals surface area contributed by atoms with Gasteiger partial charge in [-0.25, -0.2) is 13.4 Å². The van der Waals surface area contributed by atoms with Crippen molar-refractivity contribution in [2.45, 2.75) is 11.8 Å². The Labute approximate surface area is 136 Å². The molecule has 112 valence electrons. The Hall–Kier alpha value is -1.31. The average molecular weight is 391 g/mol. The normalized spacial score (nSPS) is 11.2. The van der Waals surface area contributed by atoms with Crippen LogP contribution in [0.5, 0.6) is 0 Å². The Kier molecular flexibility index (Phi) is 4.75. The topological polar surface area (TPSA) is 71.1 Å². The van der Waals surface area contributed by atoms with Crippen LogP contribution in [0, 0.1) is 6.92 Å². The summed E-state index contributed by atoms with van der Waals surface area (Å²) < 4.78 is 28.0. The molecule has 0 aliphatic carbocycles. The van der Waals surface area contributed by atoms with E-state index in [0.717, 1.165) is 10.0 Å². The van der Waals surface area contributed by atoms with Gasteiger partial charge in [0.25, 0.3) is 10.0 Å². The molecule has 1 heterocycles. The van der Waals surface area contributed by atoms with Crippen LogP contribution in [0.2, 0.25) is 5.02 Å². The average Bonchev–Trinajstić information content (AvgIpc) is 2.36. The van der Waals surface area contributed by atoms with Crippen LogP contribution < -0.4 is 10.0 Å². The van der Waals surface area contributed by atoms with Crippen LogP contribution in [0.25, 0.3) is 0 Å². The minimum Gasteiger partial charge on any atom is -0.372 e. The van der Waals surface area contributed by atoms with E-state index < -0.39 is 10.0 Å². The van der Waals surface area contributed by atoms with E-state index in [1.807, 2.05) is 13.0 Å². The first-order chi connectivity index (χ1) is 9.81. The van der Waals surface area contributed by atoms with Crippen LogP contribution in [0.1, 0.15) is 5.56 Å². The highest BCUT2D eigenvalue weighted by Crippen LogP contribution is 2.25. The quantitative estimate of drug-likeness (QED) is 0.836. The molecular formula is C13H13BrClN3O2S. The molecular weight excluding hydrogens is 378 g/mol. The van der Waals surface area contributed by atoms with Crippen molar-refractivity contribution in [3.05, 3.63) is 45.5 Å². The van der Waals surface area contributed by atoms with Crippen LogP contribution >= 0.6 is 27.5 Å². The van der Waals surface area contributed by atoms with E-state index in [1.165, 1.54) is 12.3 Å². The summed E-state index contributed by atoms with van der Waals surface area (Å²) in [6.45, 7) is 1.88. The summed E-state index contributed by atoms with van der Waals surface area (Å²) in [6, 6.07) is 6.66. The molecule has 2 N–H and O–H groups in total. The fourth-order valence-corrected chi connectivity index (χ4v) is 3.70. The summed E-state index contributed by atoms with van der Waals surface area (Å²) in [6.07, 6.45) is 1.25. The molecule has 0 bridgehead atoms. The standard InChI is InChI=1S/C13H13BrClN3O2S/c1-8-3-9(14)5-10(4-8)18-21(19,20)11-6-12(15)13(16-2)17-7-11/h3-7,18H,1-2H3,(H,16,17). The van der Waals surface area contributed by atoms with E-state index >= 15 is 0 Å². The zero-order valence-corrected chi connectivity index (χ0v) is 14.5. The van der Waals surface area contributed by atoms with E-state index in [-0.39, 0.29) is 9.92 Å². The summed E-state index contributed by atoms with van der Waals surface area (Å²) in [5.74, 6) is 0.425. The van der Waals surface area contributed by atoms with Gasteiger partial charge in [0, 0.05) is 17.7 Å². The van der Waals surface area contributed by atoms with Crippen molar-refractivity contribution >= 4 is 49.1 Å². The van der Waals surface area contributed by atoms with Crippen molar-refractivity contribution in [1.82, 2.24) is 4.98 Å². The van der Waals surface area contributed by atoms with Crippen molar-refractivity contribution in [3.8, 4) is 0 Å². The number of pyridine rings is 1. The fourth-order valence-electron chi connectivity index (χ4n) is 1.76. The molecule has 21 heavy (non-hydrogen) atoms. The molecule has 0 spiro atoms. The summed E-state index contributed by atoms with van der Waals surface area (Å²) in [5.41, 5.74) is 1.40.